The van der Waals surface area contributed by atoms with Crippen LogP contribution in [0, 0.1) is 0 Å². The van der Waals surface area contributed by atoms with Gasteiger partial charge in [-0.25, -0.2) is 0 Å². The van der Waals surface area contributed by atoms with E-state index in [1.54, 1.807) is 222 Å². The number of rotatable bonds is 0. The Morgan fingerprint density at radius 2 is 0.103 bits per heavy atom. The van der Waals surface area contributed by atoms with E-state index in [-0.39, 0.29) is 86.9 Å². The summed E-state index contributed by atoms with van der Waals surface area (Å²) in [5.74, 6) is 0. The molecule has 20 heteroatoms. The third-order valence-corrected chi connectivity index (χ3v) is 0. The van der Waals surface area contributed by atoms with E-state index in [4.69, 9.17) is 0 Å². The zero-order valence-corrected chi connectivity index (χ0v) is 56.0. The zero-order valence-electron chi connectivity index (χ0n) is 49.8. The quantitative estimate of drug-likeness (QED) is 0.209. The molecule has 68 heavy (non-hydrogen) atoms. The molecule has 0 aromatic rings. The van der Waals surface area contributed by atoms with Crippen LogP contribution in [0.2, 0.25) is 0 Å². The summed E-state index contributed by atoms with van der Waals surface area (Å²) in [7, 11) is 0. The summed E-state index contributed by atoms with van der Waals surface area (Å²) in [5, 5.41) is 152. The zero-order chi connectivity index (χ0) is 57.2. The molecule has 0 bridgehead atoms. The van der Waals surface area contributed by atoms with E-state index in [1.165, 1.54) is 0 Å². The molecule has 0 saturated heterocycles. The Bertz CT molecular complexity index is 342. The maximum Gasteiger partial charge on any atom is 4.00 e. The van der Waals surface area contributed by atoms with Crippen LogP contribution in [0.25, 0.3) is 0 Å². The first-order valence-corrected chi connectivity index (χ1v) is 22.2. The third-order valence-electron chi connectivity index (χ3n) is 0. The van der Waals surface area contributed by atoms with Crippen molar-refractivity contribution in [2.45, 2.75) is 319 Å². The summed E-state index contributed by atoms with van der Waals surface area (Å²) in [6.45, 7) is 51.6. The van der Waals surface area contributed by atoms with Gasteiger partial charge in [-0.3, -0.25) is 0 Å². The van der Waals surface area contributed by atoms with E-state index in [9.17, 15) is 81.7 Å². The Kier molecular flexibility index (Phi) is 251. The fourth-order valence-electron chi connectivity index (χ4n) is 0. The molecule has 0 radical (unpaired) electrons. The van der Waals surface area contributed by atoms with Crippen molar-refractivity contribution in [3.8, 4) is 0 Å². The molecule has 0 amide bonds. The summed E-state index contributed by atoms with van der Waals surface area (Å²) in [4.78, 5) is 0. The van der Waals surface area contributed by atoms with E-state index in [1.807, 2.05) is 0 Å². The van der Waals surface area contributed by atoms with Crippen LogP contribution in [0.5, 0.6) is 0 Å². The van der Waals surface area contributed by atoms with Crippen molar-refractivity contribution in [3.05, 3.63) is 0 Å². The molecule has 0 aliphatic carbocycles. The summed E-state index contributed by atoms with van der Waals surface area (Å²) in [6, 6.07) is 0. The van der Waals surface area contributed by atoms with E-state index in [0.717, 1.165) is 0 Å². The van der Waals surface area contributed by atoms with Crippen molar-refractivity contribution >= 4 is 0 Å². The van der Waals surface area contributed by atoms with Crippen LogP contribution in [0.4, 0.5) is 0 Å². The van der Waals surface area contributed by atoms with Crippen molar-refractivity contribution < 1.29 is 169 Å². The predicted octanol–water partition coefficient (Wildman–Crippen LogP) is -3.93. The fraction of sp³-hybridized carbons (Fsp3) is 1.00. The van der Waals surface area contributed by atoms with Crippen LogP contribution in [-0.4, -0.2) is 97.7 Å². The summed E-state index contributed by atoms with van der Waals surface area (Å²) in [6.07, 6.45) is -6.67. The minimum atomic E-state index is -0.417. The van der Waals surface area contributed by atoms with Gasteiger partial charge in [-0.05, 0) is 0 Å². The third kappa shape index (κ3) is 62700. The van der Waals surface area contributed by atoms with Gasteiger partial charge in [0, 0.05) is 0 Å². The van der Waals surface area contributed by atoms with Gasteiger partial charge in [-0.2, -0.15) is 0 Å². The van der Waals surface area contributed by atoms with Gasteiger partial charge in [0.15, 0.2) is 0 Å². The molecule has 0 aromatic heterocycles. The average molecular weight is 1140 g/mol. The van der Waals surface area contributed by atoms with Gasteiger partial charge in [0.2, 0.25) is 0 Å². The van der Waals surface area contributed by atoms with Gasteiger partial charge >= 0.3 is 86.9 Å². The van der Waals surface area contributed by atoms with Gasteiger partial charge in [0.25, 0.3) is 0 Å². The van der Waals surface area contributed by atoms with E-state index in [2.05, 4.69) is 0 Å². The molecule has 0 unspecified atom stereocenters. The summed E-state index contributed by atoms with van der Waals surface area (Å²) >= 11 is 0. The Labute approximate surface area is 484 Å². The van der Waals surface area contributed by atoms with Crippen LogP contribution in [-0.2, 0) is 86.9 Å². The largest absolute Gasteiger partial charge is 4.00 e. The van der Waals surface area contributed by atoms with Crippen molar-refractivity contribution in [2.24, 2.45) is 0 Å². The molecular weight excluding hydrogens is 1020 g/mol. The molecule has 0 fully saturated rings. The Hall–Kier alpha value is 2.22. The first-order chi connectivity index (χ1) is 27.7. The second-order valence-electron chi connectivity index (χ2n) is 16.8. The summed E-state index contributed by atoms with van der Waals surface area (Å²) in [5.41, 5.74) is 0. The maximum absolute atomic E-state index is 9.53. The smallest absolute Gasteiger partial charge is 0.852 e. The molecule has 0 aliphatic rings. The normalized spacial score (nSPS) is 8.47. The van der Waals surface area contributed by atoms with Crippen molar-refractivity contribution in [2.75, 3.05) is 0 Å². The Balaban J connectivity index is -0.0000000200. The first kappa shape index (κ1) is 133. The van der Waals surface area contributed by atoms with Gasteiger partial charge in [-0.15, -0.1) is 97.7 Å². The standard InChI is InChI=1S/16C3H7O.4Ti/c16*1-3(2)4;;;;/h16*3H,1-2H3;;;;/q16*-1;4*+4. The predicted molar refractivity (Wildman–Crippen MR) is 242 cm³/mol. The average Bonchev–Trinajstić information content (AvgIpc) is 2.83. The first-order valence-electron chi connectivity index (χ1n) is 22.2. The monoisotopic (exact) mass is 1140 g/mol. The topological polar surface area (TPSA) is 369 Å². The van der Waals surface area contributed by atoms with Crippen LogP contribution in [0.1, 0.15) is 222 Å². The molecule has 0 aliphatic heterocycles. The molecule has 16 nitrogen and oxygen atoms in total. The van der Waals surface area contributed by atoms with E-state index < -0.39 is 97.7 Å². The molecule has 0 heterocycles. The molecule has 0 spiro atoms. The van der Waals surface area contributed by atoms with E-state index in [0.29, 0.717) is 0 Å². The minimum Gasteiger partial charge on any atom is -0.852 e. The van der Waals surface area contributed by atoms with E-state index >= 15 is 0 Å². The number of hydrogen-bond donors (Lipinski definition) is 0. The molecule has 0 aromatic carbocycles. The molecule has 0 saturated carbocycles. The SMILES string of the molecule is CC(C)[O-].CC(C)[O-].CC(C)[O-].CC(C)[O-].CC(C)[O-].CC(C)[O-].CC(C)[O-].CC(C)[O-].CC(C)[O-].CC(C)[O-].CC(C)[O-].CC(C)[O-].CC(C)[O-].CC(C)[O-].CC(C)[O-].CC(C)[O-].[Ti+4].[Ti+4].[Ti+4].[Ti+4]. The maximum atomic E-state index is 9.53. The van der Waals surface area contributed by atoms with Gasteiger partial charge in [-0.1, -0.05) is 222 Å². The molecular formula is C48H112O16Ti4. The fourth-order valence-corrected chi connectivity index (χ4v) is 0. The molecule has 0 atom stereocenters. The Morgan fingerprint density at radius 1 is 0.103 bits per heavy atom. The van der Waals surface area contributed by atoms with Crippen LogP contribution in [0.3, 0.4) is 0 Å². The Morgan fingerprint density at radius 3 is 0.103 bits per heavy atom. The van der Waals surface area contributed by atoms with Crippen molar-refractivity contribution in [3.63, 3.8) is 0 Å². The molecule has 416 valence electrons. The van der Waals surface area contributed by atoms with Crippen LogP contribution < -0.4 is 81.7 Å². The van der Waals surface area contributed by atoms with Gasteiger partial charge in [0.1, 0.15) is 0 Å². The second-order valence-corrected chi connectivity index (χ2v) is 16.8. The minimum absolute atomic E-state index is 0. The van der Waals surface area contributed by atoms with Gasteiger partial charge in [0.05, 0.1) is 0 Å². The van der Waals surface area contributed by atoms with Crippen molar-refractivity contribution in [1.82, 2.24) is 0 Å². The van der Waals surface area contributed by atoms with Gasteiger partial charge < -0.3 is 81.7 Å². The van der Waals surface area contributed by atoms with Crippen LogP contribution >= 0.6 is 0 Å². The molecule has 0 rings (SSSR count). The number of hydrogen-bond acceptors (Lipinski definition) is 16. The summed E-state index contributed by atoms with van der Waals surface area (Å²) < 4.78 is 0. The second kappa shape index (κ2) is 128. The van der Waals surface area contributed by atoms with Crippen molar-refractivity contribution in [1.29, 1.82) is 0 Å². The van der Waals surface area contributed by atoms with Crippen LogP contribution in [0.15, 0.2) is 0 Å². The molecule has 0 N–H and O–H groups in total.